The second-order valence-corrected chi connectivity index (χ2v) is 8.48. The number of methoxy groups -OCH3 is 1. The third-order valence-corrected chi connectivity index (χ3v) is 5.79. The van der Waals surface area contributed by atoms with Gasteiger partial charge in [0.2, 0.25) is 0 Å². The van der Waals surface area contributed by atoms with Crippen LogP contribution in [-0.2, 0) is 11.3 Å². The number of fused-ring (bicyclic) bond motifs is 2. The maximum Gasteiger partial charge on any atom is 0.354 e. The summed E-state index contributed by atoms with van der Waals surface area (Å²) in [5.74, 6) is -1.49. The number of oxazole rings is 1. The fourth-order valence-corrected chi connectivity index (χ4v) is 3.78. The van der Waals surface area contributed by atoms with Crippen molar-refractivity contribution in [3.05, 3.63) is 94.8 Å². The fraction of sp³-hybridized carbons (Fsp3) is 0.185. The Morgan fingerprint density at radius 3 is 2.48 bits per heavy atom. The van der Waals surface area contributed by atoms with Gasteiger partial charge < -0.3 is 25.3 Å². The van der Waals surface area contributed by atoms with Gasteiger partial charge in [0.1, 0.15) is 11.2 Å². The molecule has 3 heterocycles. The lowest BCUT2D eigenvalue weighted by molar-refractivity contribution is 0.0599. The number of carboxylic acids is 1. The molecule has 0 saturated heterocycles. The summed E-state index contributed by atoms with van der Waals surface area (Å²) in [4.78, 5) is 43.7. The fourth-order valence-electron chi connectivity index (χ4n) is 3.78. The summed E-state index contributed by atoms with van der Waals surface area (Å²) in [5.41, 5.74) is 9.51. The SMILES string of the molecule is COC(=O)c1ccc([C@H](C)NC(=O)c2cc(C(=O)O)n3nccc3n2)cc1.Cc1nc2cc(CN)ccc2o1.Cl. The first-order valence-electron chi connectivity index (χ1n) is 11.8. The van der Waals surface area contributed by atoms with E-state index in [1.165, 1.54) is 25.4 Å². The van der Waals surface area contributed by atoms with Gasteiger partial charge in [-0.1, -0.05) is 18.2 Å². The first-order chi connectivity index (χ1) is 18.7. The van der Waals surface area contributed by atoms with Gasteiger partial charge in [-0.3, -0.25) is 4.79 Å². The van der Waals surface area contributed by atoms with Crippen molar-refractivity contribution in [1.82, 2.24) is 24.9 Å². The highest BCUT2D eigenvalue weighted by molar-refractivity contribution is 5.96. The molecule has 0 aliphatic heterocycles. The molecule has 40 heavy (non-hydrogen) atoms. The van der Waals surface area contributed by atoms with E-state index in [4.69, 9.17) is 10.2 Å². The van der Waals surface area contributed by atoms with Crippen LogP contribution in [0.3, 0.4) is 0 Å². The van der Waals surface area contributed by atoms with Gasteiger partial charge in [0, 0.05) is 25.6 Å². The molecule has 5 rings (SSSR count). The monoisotopic (exact) mass is 566 g/mol. The third kappa shape index (κ3) is 6.60. The van der Waals surface area contributed by atoms with E-state index < -0.39 is 17.8 Å². The van der Waals surface area contributed by atoms with Gasteiger partial charge >= 0.3 is 11.9 Å². The number of nitrogens with one attached hydrogen (secondary N) is 1. The Hall–Kier alpha value is -4.81. The maximum absolute atomic E-state index is 12.5. The number of aromatic nitrogens is 4. The third-order valence-electron chi connectivity index (χ3n) is 5.79. The number of nitrogens with two attached hydrogens (primary N) is 1. The largest absolute Gasteiger partial charge is 0.477 e. The molecule has 0 bridgehead atoms. The van der Waals surface area contributed by atoms with Crippen LogP contribution in [0.15, 0.2) is 65.2 Å². The number of amides is 1. The number of carbonyl (C=O) groups excluding carboxylic acids is 2. The minimum absolute atomic E-state index is 0. The van der Waals surface area contributed by atoms with Crippen molar-refractivity contribution in [1.29, 1.82) is 0 Å². The predicted octanol–water partition coefficient (Wildman–Crippen LogP) is 3.72. The summed E-state index contributed by atoms with van der Waals surface area (Å²) >= 11 is 0. The number of halogens is 1. The van der Waals surface area contributed by atoms with Gasteiger partial charge in [-0.2, -0.15) is 5.10 Å². The van der Waals surface area contributed by atoms with Crippen LogP contribution >= 0.6 is 12.4 Å². The van der Waals surface area contributed by atoms with E-state index in [-0.39, 0.29) is 35.5 Å². The van der Waals surface area contributed by atoms with E-state index in [1.54, 1.807) is 31.2 Å². The molecule has 0 fully saturated rings. The molecule has 1 amide bonds. The standard InChI is InChI=1S/C18H16N4O5.C9H10N2O.ClH/c1-10(11-3-5-12(6-4-11)18(26)27-2)20-16(23)13-9-14(17(24)25)22-15(21-13)7-8-19-22;1-6-11-8-4-7(5-10)2-3-9(8)12-6;/h3-10H,1-2H3,(H,20,23)(H,24,25);2-4H,5,10H2,1H3;1H/t10-;;/m0../s1. The molecule has 0 radical (unpaired) electrons. The minimum atomic E-state index is -1.22. The summed E-state index contributed by atoms with van der Waals surface area (Å²) in [6, 6.07) is 14.7. The van der Waals surface area contributed by atoms with Crippen molar-refractivity contribution in [2.75, 3.05) is 7.11 Å². The number of aryl methyl sites for hydroxylation is 1. The highest BCUT2D eigenvalue weighted by Gasteiger charge is 2.19. The van der Waals surface area contributed by atoms with E-state index in [0.717, 1.165) is 26.7 Å². The van der Waals surface area contributed by atoms with Crippen LogP contribution in [0.1, 0.15) is 61.3 Å². The molecule has 0 aliphatic carbocycles. The van der Waals surface area contributed by atoms with E-state index in [0.29, 0.717) is 18.0 Å². The smallest absolute Gasteiger partial charge is 0.354 e. The van der Waals surface area contributed by atoms with Crippen molar-refractivity contribution in [3.8, 4) is 0 Å². The molecule has 1 atom stereocenters. The minimum Gasteiger partial charge on any atom is -0.477 e. The van der Waals surface area contributed by atoms with Crippen molar-refractivity contribution in [3.63, 3.8) is 0 Å². The van der Waals surface area contributed by atoms with E-state index in [9.17, 15) is 19.5 Å². The van der Waals surface area contributed by atoms with Gasteiger partial charge in [-0.05, 0) is 42.3 Å². The molecule has 2 aromatic carbocycles. The molecule has 0 spiro atoms. The number of nitrogens with zero attached hydrogens (tertiary/aromatic N) is 4. The van der Waals surface area contributed by atoms with Crippen LogP contribution in [0.2, 0.25) is 0 Å². The number of carboxylic acid groups (broad SMARTS) is 1. The molecule has 13 heteroatoms. The van der Waals surface area contributed by atoms with Gasteiger partial charge in [-0.15, -0.1) is 12.4 Å². The Kier molecular flexibility index (Phi) is 9.54. The zero-order chi connectivity index (χ0) is 28.1. The van der Waals surface area contributed by atoms with Crippen molar-refractivity contribution in [2.24, 2.45) is 5.73 Å². The van der Waals surface area contributed by atoms with Crippen LogP contribution in [0.4, 0.5) is 0 Å². The Morgan fingerprint density at radius 1 is 1.10 bits per heavy atom. The molecule has 0 saturated carbocycles. The Bertz CT molecular complexity index is 1660. The summed E-state index contributed by atoms with van der Waals surface area (Å²) in [5, 5.41) is 15.9. The van der Waals surface area contributed by atoms with Crippen LogP contribution in [0.5, 0.6) is 0 Å². The summed E-state index contributed by atoms with van der Waals surface area (Å²) in [6.07, 6.45) is 1.40. The molecule has 4 N–H and O–H groups in total. The summed E-state index contributed by atoms with van der Waals surface area (Å²) in [7, 11) is 1.30. The van der Waals surface area contributed by atoms with Gasteiger partial charge in [0.25, 0.3) is 5.91 Å². The van der Waals surface area contributed by atoms with Crippen molar-refractivity contribution < 1.29 is 28.6 Å². The van der Waals surface area contributed by atoms with Gasteiger partial charge in [0.05, 0.1) is 24.9 Å². The average Bonchev–Trinajstić information content (AvgIpc) is 3.57. The number of hydrogen-bond acceptors (Lipinski definition) is 9. The van der Waals surface area contributed by atoms with E-state index in [1.807, 2.05) is 25.1 Å². The number of rotatable bonds is 6. The Morgan fingerprint density at radius 2 is 1.82 bits per heavy atom. The number of esters is 1. The zero-order valence-electron chi connectivity index (χ0n) is 21.8. The number of aromatic carboxylic acids is 1. The molecule has 0 unspecified atom stereocenters. The normalized spacial score (nSPS) is 11.2. The molecular weight excluding hydrogens is 540 g/mol. The average molecular weight is 567 g/mol. The lowest BCUT2D eigenvalue weighted by atomic mass is 10.1. The highest BCUT2D eigenvalue weighted by Crippen LogP contribution is 2.17. The lowest BCUT2D eigenvalue weighted by Crippen LogP contribution is -2.28. The van der Waals surface area contributed by atoms with Crippen molar-refractivity contribution >= 4 is 47.0 Å². The van der Waals surface area contributed by atoms with Crippen LogP contribution in [-0.4, -0.2) is 49.6 Å². The maximum atomic E-state index is 12.5. The van der Waals surface area contributed by atoms with Crippen LogP contribution in [0, 0.1) is 6.92 Å². The predicted molar refractivity (Wildman–Crippen MR) is 147 cm³/mol. The molecular formula is C27H27ClN6O6. The quantitative estimate of drug-likeness (QED) is 0.257. The lowest BCUT2D eigenvalue weighted by Gasteiger charge is -2.15. The molecule has 5 aromatic rings. The number of carbonyl (C=O) groups is 3. The molecule has 12 nitrogen and oxygen atoms in total. The van der Waals surface area contributed by atoms with E-state index >= 15 is 0 Å². The number of ether oxygens (including phenoxy) is 1. The number of hydrogen-bond donors (Lipinski definition) is 3. The van der Waals surface area contributed by atoms with Crippen LogP contribution < -0.4 is 11.1 Å². The number of benzene rings is 2. The summed E-state index contributed by atoms with van der Waals surface area (Å²) < 4.78 is 11.1. The highest BCUT2D eigenvalue weighted by atomic mass is 35.5. The Labute approximate surface area is 234 Å². The first-order valence-corrected chi connectivity index (χ1v) is 11.8. The van der Waals surface area contributed by atoms with Crippen LogP contribution in [0.25, 0.3) is 16.7 Å². The van der Waals surface area contributed by atoms with Gasteiger partial charge in [-0.25, -0.2) is 24.1 Å². The topological polar surface area (TPSA) is 175 Å². The first kappa shape index (κ1) is 29.7. The second kappa shape index (κ2) is 12.8. The van der Waals surface area contributed by atoms with Crippen molar-refractivity contribution in [2.45, 2.75) is 26.4 Å². The Balaban J connectivity index is 0.000000283. The molecule has 0 aliphatic rings. The molecule has 3 aromatic heterocycles. The second-order valence-electron chi connectivity index (χ2n) is 8.48. The van der Waals surface area contributed by atoms with E-state index in [2.05, 4.69) is 25.1 Å². The zero-order valence-corrected chi connectivity index (χ0v) is 22.6. The summed E-state index contributed by atoms with van der Waals surface area (Å²) in [6.45, 7) is 4.14. The van der Waals surface area contributed by atoms with Gasteiger partial charge in [0.15, 0.2) is 22.8 Å². The molecule has 208 valence electrons.